The number of phenolic OH excluding ortho intramolecular Hbond substituents is 1. The molecule has 1 aliphatic rings. The van der Waals surface area contributed by atoms with Gasteiger partial charge in [0.25, 0.3) is 5.91 Å². The lowest BCUT2D eigenvalue weighted by molar-refractivity contribution is 0.0746. The van der Waals surface area contributed by atoms with Crippen LogP contribution in [-0.2, 0) is 12.8 Å². The number of aryl methyl sites for hydroxylation is 3. The van der Waals surface area contributed by atoms with Gasteiger partial charge in [0.05, 0.1) is 20.3 Å². The van der Waals surface area contributed by atoms with Crippen LogP contribution < -0.4 is 9.47 Å². The highest BCUT2D eigenvalue weighted by atomic mass is 16.5. The maximum atomic E-state index is 13.8. The fourth-order valence-electron chi connectivity index (χ4n) is 5.34. The molecule has 0 radical (unpaired) electrons. The molecule has 0 aliphatic carbocycles. The fourth-order valence-corrected chi connectivity index (χ4v) is 5.34. The van der Waals surface area contributed by atoms with Crippen molar-refractivity contribution in [1.82, 2.24) is 15.1 Å². The first-order chi connectivity index (χ1) is 18.4. The Bertz CT molecular complexity index is 1490. The highest BCUT2D eigenvalue weighted by molar-refractivity contribution is 6.00. The summed E-state index contributed by atoms with van der Waals surface area (Å²) in [5.74, 6) is 1.40. The Morgan fingerprint density at radius 3 is 2.37 bits per heavy atom. The van der Waals surface area contributed by atoms with Gasteiger partial charge >= 0.3 is 0 Å². The Hall–Kier alpha value is -4.26. The van der Waals surface area contributed by atoms with Crippen LogP contribution in [-0.4, -0.2) is 46.9 Å². The standard InChI is InChI=1S/C31H33N3O4/c1-6-20-7-10-22(11-8-20)29-26-27(23-16-18(2)15-19(3)30(23)35)32-33-28(26)31(36)34(29)14-13-21-9-12-24(37-4)25(17-21)38-5/h7-12,15-17,29,35H,6,13-14H2,1-5H3,(H,32,33)/t29-/m0/s1. The number of H-pyrrole nitrogens is 1. The van der Waals surface area contributed by atoms with Crippen LogP contribution in [0.5, 0.6) is 17.2 Å². The number of nitrogens with zero attached hydrogens (tertiary/aromatic N) is 2. The van der Waals surface area contributed by atoms with Gasteiger partial charge in [0.2, 0.25) is 0 Å². The molecular formula is C31H33N3O4. The first kappa shape index (κ1) is 25.4. The highest BCUT2D eigenvalue weighted by Gasteiger charge is 2.42. The van der Waals surface area contributed by atoms with Gasteiger partial charge in [-0.05, 0) is 72.7 Å². The molecule has 0 saturated carbocycles. The van der Waals surface area contributed by atoms with E-state index in [4.69, 9.17) is 9.47 Å². The van der Waals surface area contributed by atoms with Crippen LogP contribution in [0.2, 0.25) is 0 Å². The van der Waals surface area contributed by atoms with Crippen molar-refractivity contribution in [3.05, 3.63) is 93.7 Å². The van der Waals surface area contributed by atoms with E-state index in [2.05, 4.69) is 41.4 Å². The summed E-state index contributed by atoms with van der Waals surface area (Å²) in [6.45, 7) is 6.48. The lowest BCUT2D eigenvalue weighted by Crippen LogP contribution is -2.31. The summed E-state index contributed by atoms with van der Waals surface area (Å²) < 4.78 is 10.8. The van der Waals surface area contributed by atoms with Crippen molar-refractivity contribution in [2.75, 3.05) is 20.8 Å². The molecule has 1 aliphatic heterocycles. The average molecular weight is 512 g/mol. The minimum atomic E-state index is -0.336. The van der Waals surface area contributed by atoms with Crippen molar-refractivity contribution in [3.63, 3.8) is 0 Å². The lowest BCUT2D eigenvalue weighted by atomic mass is 9.93. The number of fused-ring (bicyclic) bond motifs is 1. The SMILES string of the molecule is CCc1ccc([C@H]2c3c(-c4cc(C)cc(C)c4O)n[nH]c3C(=O)N2CCc2ccc(OC)c(OC)c2)cc1. The zero-order chi connectivity index (χ0) is 27.0. The second kappa shape index (κ2) is 10.2. The molecule has 4 aromatic rings. The molecule has 2 N–H and O–H groups in total. The molecule has 5 rings (SSSR count). The fraction of sp³-hybridized carbons (Fsp3) is 0.290. The van der Waals surface area contributed by atoms with Crippen LogP contribution in [0.15, 0.2) is 54.6 Å². The van der Waals surface area contributed by atoms with Gasteiger partial charge in [-0.3, -0.25) is 9.89 Å². The van der Waals surface area contributed by atoms with Gasteiger partial charge in [-0.25, -0.2) is 0 Å². The molecule has 0 saturated heterocycles. The van der Waals surface area contributed by atoms with Crippen molar-refractivity contribution >= 4 is 5.91 Å². The van der Waals surface area contributed by atoms with Crippen LogP contribution in [0.25, 0.3) is 11.3 Å². The van der Waals surface area contributed by atoms with Gasteiger partial charge in [0, 0.05) is 17.7 Å². The lowest BCUT2D eigenvalue weighted by Gasteiger charge is -2.27. The number of amides is 1. The van der Waals surface area contributed by atoms with Gasteiger partial charge < -0.3 is 19.5 Å². The third-order valence-electron chi connectivity index (χ3n) is 7.36. The number of nitrogens with one attached hydrogen (secondary N) is 1. The van der Waals surface area contributed by atoms with E-state index in [0.29, 0.717) is 41.4 Å². The molecular weight excluding hydrogens is 478 g/mol. The third-order valence-corrected chi connectivity index (χ3v) is 7.36. The van der Waals surface area contributed by atoms with Gasteiger partial charge in [-0.1, -0.05) is 43.3 Å². The molecule has 7 heteroatoms. The van der Waals surface area contributed by atoms with E-state index in [1.807, 2.05) is 49.1 Å². The van der Waals surface area contributed by atoms with Crippen molar-refractivity contribution < 1.29 is 19.4 Å². The molecule has 3 aromatic carbocycles. The number of aromatic hydroxyl groups is 1. The minimum Gasteiger partial charge on any atom is -0.507 e. The number of carbonyl (C=O) groups is 1. The van der Waals surface area contributed by atoms with Gasteiger partial charge in [-0.2, -0.15) is 5.10 Å². The Morgan fingerprint density at radius 2 is 1.68 bits per heavy atom. The smallest absolute Gasteiger partial charge is 0.273 e. The van der Waals surface area contributed by atoms with E-state index in [1.54, 1.807) is 14.2 Å². The second-order valence-electron chi connectivity index (χ2n) is 9.77. The summed E-state index contributed by atoms with van der Waals surface area (Å²) in [5, 5.41) is 18.5. The van der Waals surface area contributed by atoms with E-state index in [9.17, 15) is 9.90 Å². The number of phenols is 1. The minimum absolute atomic E-state index is 0.104. The molecule has 38 heavy (non-hydrogen) atoms. The number of rotatable bonds is 8. The molecule has 2 heterocycles. The zero-order valence-corrected chi connectivity index (χ0v) is 22.5. The summed E-state index contributed by atoms with van der Waals surface area (Å²) in [4.78, 5) is 15.7. The van der Waals surface area contributed by atoms with Crippen LogP contribution in [0.4, 0.5) is 0 Å². The number of hydrogen-bond donors (Lipinski definition) is 2. The molecule has 0 bridgehead atoms. The van der Waals surface area contributed by atoms with Crippen molar-refractivity contribution in [1.29, 1.82) is 0 Å². The Labute approximate surface area is 223 Å². The number of methoxy groups -OCH3 is 2. The first-order valence-corrected chi connectivity index (χ1v) is 12.9. The van der Waals surface area contributed by atoms with E-state index in [1.165, 1.54) is 5.56 Å². The van der Waals surface area contributed by atoms with Gasteiger partial charge in [0.15, 0.2) is 11.5 Å². The topological polar surface area (TPSA) is 87.7 Å². The van der Waals surface area contributed by atoms with Crippen LogP contribution in [0.3, 0.4) is 0 Å². The predicted octanol–water partition coefficient (Wildman–Crippen LogP) is 5.77. The van der Waals surface area contributed by atoms with E-state index < -0.39 is 0 Å². The zero-order valence-electron chi connectivity index (χ0n) is 22.5. The van der Waals surface area contributed by atoms with Gasteiger partial charge in [-0.15, -0.1) is 0 Å². The van der Waals surface area contributed by atoms with Crippen LogP contribution in [0, 0.1) is 13.8 Å². The van der Waals surface area contributed by atoms with E-state index >= 15 is 0 Å². The summed E-state index contributed by atoms with van der Waals surface area (Å²) in [7, 11) is 3.23. The third kappa shape index (κ3) is 4.38. The second-order valence-corrected chi connectivity index (χ2v) is 9.77. The molecule has 1 amide bonds. The molecule has 0 spiro atoms. The Morgan fingerprint density at radius 1 is 0.974 bits per heavy atom. The summed E-state index contributed by atoms with van der Waals surface area (Å²) >= 11 is 0. The summed E-state index contributed by atoms with van der Waals surface area (Å²) in [5.41, 5.74) is 7.57. The van der Waals surface area contributed by atoms with Crippen molar-refractivity contribution in [2.45, 2.75) is 39.7 Å². The molecule has 7 nitrogen and oxygen atoms in total. The number of aromatic nitrogens is 2. The van der Waals surface area contributed by atoms with E-state index in [0.717, 1.165) is 34.2 Å². The quantitative estimate of drug-likeness (QED) is 0.314. The first-order valence-electron chi connectivity index (χ1n) is 12.9. The van der Waals surface area contributed by atoms with Gasteiger partial charge in [0.1, 0.15) is 17.1 Å². The summed E-state index contributed by atoms with van der Waals surface area (Å²) in [6.07, 6.45) is 1.57. The number of aromatic amines is 1. The maximum Gasteiger partial charge on any atom is 0.273 e. The predicted molar refractivity (Wildman–Crippen MR) is 147 cm³/mol. The Balaban J connectivity index is 1.57. The molecule has 196 valence electrons. The summed E-state index contributed by atoms with van der Waals surface area (Å²) in [6, 6.07) is 17.8. The normalized spacial score (nSPS) is 14.6. The largest absolute Gasteiger partial charge is 0.507 e. The Kier molecular flexibility index (Phi) is 6.85. The molecule has 1 aromatic heterocycles. The number of ether oxygens (including phenoxy) is 2. The van der Waals surface area contributed by atoms with Crippen LogP contribution in [0.1, 0.15) is 56.8 Å². The molecule has 0 fully saturated rings. The van der Waals surface area contributed by atoms with E-state index in [-0.39, 0.29) is 17.7 Å². The maximum absolute atomic E-state index is 13.8. The average Bonchev–Trinajstić information content (AvgIpc) is 3.47. The number of hydrogen-bond acceptors (Lipinski definition) is 5. The highest BCUT2D eigenvalue weighted by Crippen LogP contribution is 2.45. The molecule has 0 unspecified atom stereocenters. The van der Waals surface area contributed by atoms with Crippen molar-refractivity contribution in [3.8, 4) is 28.5 Å². The number of benzene rings is 3. The number of carbonyl (C=O) groups excluding carboxylic acids is 1. The van der Waals surface area contributed by atoms with Crippen molar-refractivity contribution in [2.24, 2.45) is 0 Å². The monoisotopic (exact) mass is 511 g/mol. The molecule has 1 atom stereocenters. The van der Waals surface area contributed by atoms with Crippen LogP contribution >= 0.6 is 0 Å².